The van der Waals surface area contributed by atoms with Gasteiger partial charge in [0, 0.05) is 19.1 Å². The van der Waals surface area contributed by atoms with E-state index in [1.807, 2.05) is 0 Å². The van der Waals surface area contributed by atoms with Crippen LogP contribution in [-0.4, -0.2) is 59.9 Å². The van der Waals surface area contributed by atoms with Crippen LogP contribution in [0.15, 0.2) is 0 Å². The van der Waals surface area contributed by atoms with Gasteiger partial charge < -0.3 is 20.1 Å². The molecular formula is C12H22F2N2O3. The van der Waals surface area contributed by atoms with Crippen molar-refractivity contribution >= 4 is 6.09 Å². The Bertz CT molecular complexity index is 319. The van der Waals surface area contributed by atoms with Gasteiger partial charge in [0.15, 0.2) is 0 Å². The summed E-state index contributed by atoms with van der Waals surface area (Å²) >= 11 is 0. The molecule has 0 saturated carbocycles. The number of nitrogens with one attached hydrogen (secondary N) is 1. The first-order valence-electron chi connectivity index (χ1n) is 6.33. The lowest BCUT2D eigenvalue weighted by atomic mass is 10.2. The summed E-state index contributed by atoms with van der Waals surface area (Å²) in [7, 11) is 0. The topological polar surface area (TPSA) is 61.8 Å². The van der Waals surface area contributed by atoms with Gasteiger partial charge in [0.25, 0.3) is 5.92 Å². The summed E-state index contributed by atoms with van der Waals surface area (Å²) in [5.41, 5.74) is -0.563. The van der Waals surface area contributed by atoms with Gasteiger partial charge >= 0.3 is 6.09 Å². The Kier molecular flexibility index (Phi) is 5.09. The third kappa shape index (κ3) is 5.69. The highest BCUT2D eigenvalue weighted by Crippen LogP contribution is 2.16. The maximum Gasteiger partial charge on any atom is 0.410 e. The predicted octanol–water partition coefficient (Wildman–Crippen LogP) is 1.21. The minimum Gasteiger partial charge on any atom is -0.444 e. The Morgan fingerprint density at radius 1 is 1.47 bits per heavy atom. The first kappa shape index (κ1) is 16.1. The lowest BCUT2D eigenvalue weighted by molar-refractivity contribution is -0.0491. The minimum atomic E-state index is -3.13. The second kappa shape index (κ2) is 6.00. The summed E-state index contributed by atoms with van der Waals surface area (Å²) in [5.74, 6) is -3.13. The molecule has 0 aliphatic carbocycles. The molecule has 1 saturated heterocycles. The fourth-order valence-electron chi connectivity index (χ4n) is 1.77. The van der Waals surface area contributed by atoms with E-state index in [1.54, 1.807) is 20.8 Å². The third-order valence-electron chi connectivity index (χ3n) is 2.72. The highest BCUT2D eigenvalue weighted by Gasteiger charge is 2.33. The van der Waals surface area contributed by atoms with Gasteiger partial charge in [-0.1, -0.05) is 0 Å². The van der Waals surface area contributed by atoms with Crippen LogP contribution in [0, 0.1) is 0 Å². The first-order chi connectivity index (χ1) is 8.63. The lowest BCUT2D eigenvalue weighted by Crippen LogP contribution is -2.43. The largest absolute Gasteiger partial charge is 0.444 e. The van der Waals surface area contributed by atoms with Crippen LogP contribution in [0.4, 0.5) is 13.6 Å². The number of ether oxygens (including phenoxy) is 1. The average molecular weight is 280 g/mol. The number of amides is 1. The molecule has 1 heterocycles. The van der Waals surface area contributed by atoms with Crippen molar-refractivity contribution in [1.29, 1.82) is 0 Å². The molecule has 1 unspecified atom stereocenters. The number of hydrogen-bond acceptors (Lipinski definition) is 4. The number of aliphatic hydroxyl groups is 1. The molecule has 1 atom stereocenters. The Morgan fingerprint density at radius 3 is 2.63 bits per heavy atom. The number of hydrogen-bond donors (Lipinski definition) is 2. The van der Waals surface area contributed by atoms with Crippen molar-refractivity contribution in [3.63, 3.8) is 0 Å². The van der Waals surface area contributed by atoms with Gasteiger partial charge in [-0.05, 0) is 27.2 Å². The number of nitrogens with zero attached hydrogens (tertiary/aromatic N) is 1. The fourth-order valence-corrected chi connectivity index (χ4v) is 1.77. The maximum absolute atomic E-state index is 12.9. The summed E-state index contributed by atoms with van der Waals surface area (Å²) in [6.07, 6.45) is 0.173. The van der Waals surface area contributed by atoms with Gasteiger partial charge in [0.1, 0.15) is 12.2 Å². The highest BCUT2D eigenvalue weighted by atomic mass is 19.3. The van der Waals surface area contributed by atoms with Crippen molar-refractivity contribution < 1.29 is 23.4 Å². The van der Waals surface area contributed by atoms with E-state index in [9.17, 15) is 13.6 Å². The second-order valence-electron chi connectivity index (χ2n) is 5.81. The summed E-state index contributed by atoms with van der Waals surface area (Å²) in [6.45, 7) is 4.39. The molecule has 5 nitrogen and oxygen atoms in total. The summed E-state index contributed by atoms with van der Waals surface area (Å²) < 4.78 is 30.9. The predicted molar refractivity (Wildman–Crippen MR) is 66.2 cm³/mol. The van der Waals surface area contributed by atoms with Gasteiger partial charge in [0.05, 0.1) is 6.54 Å². The number of likely N-dealkylation sites (tertiary alicyclic amines) is 1. The van der Waals surface area contributed by atoms with E-state index in [-0.39, 0.29) is 6.04 Å². The minimum absolute atomic E-state index is 0.190. The van der Waals surface area contributed by atoms with Crippen molar-refractivity contribution in [3.05, 3.63) is 0 Å². The molecule has 7 heteroatoms. The molecule has 0 bridgehead atoms. The molecule has 1 rings (SSSR count). The van der Waals surface area contributed by atoms with Crippen molar-refractivity contribution in [2.75, 3.05) is 26.2 Å². The molecule has 112 valence electrons. The highest BCUT2D eigenvalue weighted by molar-refractivity contribution is 5.68. The van der Waals surface area contributed by atoms with E-state index in [1.165, 1.54) is 4.90 Å². The summed E-state index contributed by atoms with van der Waals surface area (Å²) in [4.78, 5) is 13.3. The number of carbonyl (C=O) groups excluding carboxylic acids is 1. The second-order valence-corrected chi connectivity index (χ2v) is 5.81. The van der Waals surface area contributed by atoms with Gasteiger partial charge in [-0.25, -0.2) is 13.6 Å². The number of halogens is 2. The smallest absolute Gasteiger partial charge is 0.410 e. The van der Waals surface area contributed by atoms with Crippen LogP contribution in [0.2, 0.25) is 0 Å². The van der Waals surface area contributed by atoms with Crippen LogP contribution >= 0.6 is 0 Å². The molecule has 1 amide bonds. The van der Waals surface area contributed by atoms with E-state index < -0.39 is 30.8 Å². The number of aliphatic hydroxyl groups excluding tert-OH is 1. The number of rotatable bonds is 4. The lowest BCUT2D eigenvalue weighted by Gasteiger charge is -2.24. The van der Waals surface area contributed by atoms with Crippen LogP contribution in [0.1, 0.15) is 27.2 Å². The molecule has 1 fully saturated rings. The van der Waals surface area contributed by atoms with Gasteiger partial charge in [0.2, 0.25) is 0 Å². The van der Waals surface area contributed by atoms with Crippen LogP contribution in [-0.2, 0) is 4.74 Å². The Morgan fingerprint density at radius 2 is 2.11 bits per heavy atom. The normalized spacial score (nSPS) is 20.7. The number of carbonyl (C=O) groups is 1. The Hall–Kier alpha value is -0.950. The zero-order chi connectivity index (χ0) is 14.7. The summed E-state index contributed by atoms with van der Waals surface area (Å²) in [5, 5.41) is 11.1. The third-order valence-corrected chi connectivity index (χ3v) is 2.72. The van der Waals surface area contributed by atoms with Crippen molar-refractivity contribution in [2.45, 2.75) is 44.8 Å². The zero-order valence-electron chi connectivity index (χ0n) is 11.6. The quantitative estimate of drug-likeness (QED) is 0.812. The SMILES string of the molecule is CC(C)(C)OC(=O)N1CCC(NCC(F)(F)CO)C1. The van der Waals surface area contributed by atoms with E-state index >= 15 is 0 Å². The molecule has 0 aromatic heterocycles. The molecule has 0 radical (unpaired) electrons. The molecule has 0 aromatic carbocycles. The summed E-state index contributed by atoms with van der Waals surface area (Å²) in [6, 6.07) is -0.190. The molecule has 19 heavy (non-hydrogen) atoms. The van der Waals surface area contributed by atoms with Crippen molar-refractivity contribution in [3.8, 4) is 0 Å². The van der Waals surface area contributed by atoms with Crippen LogP contribution in [0.25, 0.3) is 0 Å². The Balaban J connectivity index is 2.36. The fraction of sp³-hybridized carbons (Fsp3) is 0.917. The van der Waals surface area contributed by atoms with E-state index in [0.717, 1.165) is 0 Å². The van der Waals surface area contributed by atoms with E-state index in [4.69, 9.17) is 9.84 Å². The van der Waals surface area contributed by atoms with Crippen LogP contribution in [0.3, 0.4) is 0 Å². The molecular weight excluding hydrogens is 258 g/mol. The molecule has 1 aliphatic heterocycles. The van der Waals surface area contributed by atoms with Crippen molar-refractivity contribution in [2.24, 2.45) is 0 Å². The van der Waals surface area contributed by atoms with Gasteiger partial charge in [-0.3, -0.25) is 0 Å². The maximum atomic E-state index is 12.9. The zero-order valence-corrected chi connectivity index (χ0v) is 11.6. The van der Waals surface area contributed by atoms with Gasteiger partial charge in [-0.2, -0.15) is 0 Å². The molecule has 0 aromatic rings. The average Bonchev–Trinajstić information content (AvgIpc) is 2.73. The Labute approximate surface area is 111 Å². The van der Waals surface area contributed by atoms with Crippen molar-refractivity contribution in [1.82, 2.24) is 10.2 Å². The molecule has 1 aliphatic rings. The van der Waals surface area contributed by atoms with Crippen LogP contribution in [0.5, 0.6) is 0 Å². The van der Waals surface area contributed by atoms with Crippen LogP contribution < -0.4 is 5.32 Å². The standard InChI is InChI=1S/C12H22F2N2O3/c1-11(2,3)19-10(18)16-5-4-9(6-16)15-7-12(13,14)8-17/h9,15,17H,4-8H2,1-3H3. The molecule has 0 spiro atoms. The first-order valence-corrected chi connectivity index (χ1v) is 6.33. The van der Waals surface area contributed by atoms with E-state index in [0.29, 0.717) is 19.5 Å². The van der Waals surface area contributed by atoms with Gasteiger partial charge in [-0.15, -0.1) is 0 Å². The van der Waals surface area contributed by atoms with E-state index in [2.05, 4.69) is 5.32 Å². The monoisotopic (exact) mass is 280 g/mol. The molecule has 2 N–H and O–H groups in total. The number of alkyl halides is 2.